The summed E-state index contributed by atoms with van der Waals surface area (Å²) in [6, 6.07) is 2.89. The molecular weight excluding hydrogens is 288 g/mol. The maximum absolute atomic E-state index is 9.19. The molecule has 0 fully saturated rings. The van der Waals surface area contributed by atoms with E-state index in [1.165, 1.54) is 39.8 Å². The van der Waals surface area contributed by atoms with Gasteiger partial charge in [0.05, 0.1) is 23.8 Å². The number of aromatic nitrogens is 6. The molecule has 0 saturated carbocycles. The fraction of sp³-hybridized carbons (Fsp3) is 0. The lowest BCUT2D eigenvalue weighted by atomic mass is 10.5. The number of rotatable bonds is 0. The van der Waals surface area contributed by atoms with Gasteiger partial charge in [0.15, 0.2) is 11.3 Å². The maximum atomic E-state index is 9.19. The van der Waals surface area contributed by atoms with Gasteiger partial charge in [-0.3, -0.25) is 0 Å². The number of nitrogens with zero attached hydrogens (tertiary/aromatic N) is 6. The van der Waals surface area contributed by atoms with Gasteiger partial charge >= 0.3 is 0 Å². The summed E-state index contributed by atoms with van der Waals surface area (Å²) in [5, 5.41) is 25.8. The smallest absolute Gasteiger partial charge is 0.215 e. The molecule has 4 aromatic heterocycles. The molecule has 0 aliphatic heterocycles. The SMILES string of the molecule is Nc1cnn2c(O)ccnc12.Nc1cnn2ccc(O)nc12. The van der Waals surface area contributed by atoms with Crippen molar-refractivity contribution in [2.24, 2.45) is 0 Å². The van der Waals surface area contributed by atoms with Crippen LogP contribution < -0.4 is 11.5 Å². The van der Waals surface area contributed by atoms with Gasteiger partial charge in [0.25, 0.3) is 0 Å². The van der Waals surface area contributed by atoms with Crippen molar-refractivity contribution in [3.63, 3.8) is 0 Å². The summed E-state index contributed by atoms with van der Waals surface area (Å²) in [6.07, 6.45) is 6.00. The largest absolute Gasteiger partial charge is 0.493 e. The molecule has 4 heterocycles. The molecule has 0 aliphatic carbocycles. The molecule has 0 spiro atoms. The molecule has 0 radical (unpaired) electrons. The first-order valence-corrected chi connectivity index (χ1v) is 6.12. The van der Waals surface area contributed by atoms with E-state index in [0.717, 1.165) is 0 Å². The van der Waals surface area contributed by atoms with Crippen LogP contribution in [0.25, 0.3) is 11.3 Å². The van der Waals surface area contributed by atoms with Gasteiger partial charge in [-0.1, -0.05) is 0 Å². The highest BCUT2D eigenvalue weighted by Crippen LogP contribution is 2.14. The molecule has 6 N–H and O–H groups in total. The van der Waals surface area contributed by atoms with E-state index in [2.05, 4.69) is 20.2 Å². The molecule has 0 unspecified atom stereocenters. The molecule has 0 aromatic carbocycles. The molecule has 0 atom stereocenters. The fourth-order valence-corrected chi connectivity index (χ4v) is 1.77. The Bertz CT molecular complexity index is 941. The lowest BCUT2D eigenvalue weighted by molar-refractivity contribution is 0.435. The third-order valence-corrected chi connectivity index (χ3v) is 2.79. The van der Waals surface area contributed by atoms with Crippen LogP contribution in [0.4, 0.5) is 11.4 Å². The van der Waals surface area contributed by atoms with Crippen LogP contribution in [0.2, 0.25) is 0 Å². The molecule has 22 heavy (non-hydrogen) atoms. The summed E-state index contributed by atoms with van der Waals surface area (Å²) in [6.45, 7) is 0. The fourth-order valence-electron chi connectivity index (χ4n) is 1.77. The van der Waals surface area contributed by atoms with E-state index in [0.29, 0.717) is 22.7 Å². The lowest BCUT2D eigenvalue weighted by Crippen LogP contribution is -1.91. The number of fused-ring (bicyclic) bond motifs is 2. The maximum Gasteiger partial charge on any atom is 0.215 e. The molecule has 112 valence electrons. The van der Waals surface area contributed by atoms with Crippen molar-refractivity contribution in [1.82, 2.24) is 29.2 Å². The second-order valence-electron chi connectivity index (χ2n) is 4.29. The first-order chi connectivity index (χ1) is 10.6. The first kappa shape index (κ1) is 13.4. The number of nitrogens with two attached hydrogens (primary N) is 2. The molecule has 0 amide bonds. The van der Waals surface area contributed by atoms with Crippen molar-refractivity contribution in [1.29, 1.82) is 0 Å². The molecule has 0 bridgehead atoms. The minimum atomic E-state index is -0.0512. The highest BCUT2D eigenvalue weighted by Gasteiger charge is 2.03. The van der Waals surface area contributed by atoms with E-state index < -0.39 is 0 Å². The zero-order valence-electron chi connectivity index (χ0n) is 11.2. The van der Waals surface area contributed by atoms with Gasteiger partial charge in [0.2, 0.25) is 11.8 Å². The van der Waals surface area contributed by atoms with Crippen molar-refractivity contribution in [3.8, 4) is 11.8 Å². The van der Waals surface area contributed by atoms with Gasteiger partial charge in [-0.25, -0.2) is 9.50 Å². The van der Waals surface area contributed by atoms with Crippen molar-refractivity contribution >= 4 is 22.7 Å². The van der Waals surface area contributed by atoms with Crippen LogP contribution in [-0.4, -0.2) is 39.4 Å². The van der Waals surface area contributed by atoms with Gasteiger partial charge in [-0.2, -0.15) is 19.7 Å². The average Bonchev–Trinajstić information content (AvgIpc) is 3.06. The predicted octanol–water partition coefficient (Wildman–Crippen LogP) is 0.0342. The minimum Gasteiger partial charge on any atom is -0.493 e. The molecule has 10 nitrogen and oxygen atoms in total. The summed E-state index contributed by atoms with van der Waals surface area (Å²) in [7, 11) is 0. The zero-order valence-corrected chi connectivity index (χ0v) is 11.2. The van der Waals surface area contributed by atoms with Gasteiger partial charge < -0.3 is 21.7 Å². The number of hydrogen-bond acceptors (Lipinski definition) is 8. The number of anilines is 2. The molecule has 10 heteroatoms. The molecule has 4 aromatic rings. The van der Waals surface area contributed by atoms with E-state index in [-0.39, 0.29) is 11.8 Å². The number of nitrogen functional groups attached to an aromatic ring is 2. The average molecular weight is 300 g/mol. The Morgan fingerprint density at radius 1 is 0.955 bits per heavy atom. The summed E-state index contributed by atoms with van der Waals surface area (Å²) in [5.74, 6) is -0.0172. The van der Waals surface area contributed by atoms with Crippen LogP contribution in [0.3, 0.4) is 0 Å². The van der Waals surface area contributed by atoms with Gasteiger partial charge in [-0.05, 0) is 0 Å². The van der Waals surface area contributed by atoms with Crippen LogP contribution >= 0.6 is 0 Å². The minimum absolute atomic E-state index is 0.0340. The van der Waals surface area contributed by atoms with Crippen LogP contribution in [-0.2, 0) is 0 Å². The van der Waals surface area contributed by atoms with Gasteiger partial charge in [0, 0.05) is 24.5 Å². The van der Waals surface area contributed by atoms with Crippen LogP contribution in [0.1, 0.15) is 0 Å². The highest BCUT2D eigenvalue weighted by atomic mass is 16.3. The topological polar surface area (TPSA) is 153 Å². The molecule has 0 saturated heterocycles. The third kappa shape index (κ3) is 2.28. The second kappa shape index (κ2) is 5.09. The van der Waals surface area contributed by atoms with E-state index in [1.807, 2.05) is 0 Å². The van der Waals surface area contributed by atoms with Crippen molar-refractivity contribution in [3.05, 3.63) is 36.9 Å². The predicted molar refractivity (Wildman–Crippen MR) is 78.1 cm³/mol. The Hall–Kier alpha value is -3.56. The quantitative estimate of drug-likeness (QED) is 0.355. The monoisotopic (exact) mass is 300 g/mol. The Labute approximate surface area is 123 Å². The Balaban J connectivity index is 0.000000131. The first-order valence-electron chi connectivity index (χ1n) is 6.12. The van der Waals surface area contributed by atoms with Crippen LogP contribution in [0, 0.1) is 0 Å². The normalized spacial score (nSPS) is 10.5. The van der Waals surface area contributed by atoms with Gasteiger partial charge in [0.1, 0.15) is 0 Å². The van der Waals surface area contributed by atoms with Crippen molar-refractivity contribution in [2.75, 3.05) is 11.5 Å². The van der Waals surface area contributed by atoms with Gasteiger partial charge in [-0.15, -0.1) is 0 Å². The van der Waals surface area contributed by atoms with Crippen LogP contribution in [0.5, 0.6) is 11.8 Å². The Morgan fingerprint density at radius 3 is 2.45 bits per heavy atom. The molecular formula is C12H12N8O2. The summed E-state index contributed by atoms with van der Waals surface area (Å²) in [4.78, 5) is 7.68. The standard InChI is InChI=1S/2C6H6N4O/c7-4-3-8-10-2-1-5(11)9-6(4)10;7-4-3-9-10-5(11)1-2-8-6(4)10/h1-3H,7H2,(H,9,11);1-3,11H,7H2. The lowest BCUT2D eigenvalue weighted by Gasteiger charge is -1.94. The summed E-state index contributed by atoms with van der Waals surface area (Å²) in [5.41, 5.74) is 12.8. The van der Waals surface area contributed by atoms with E-state index >= 15 is 0 Å². The van der Waals surface area contributed by atoms with Crippen molar-refractivity contribution in [2.45, 2.75) is 0 Å². The molecule has 4 rings (SSSR count). The summed E-state index contributed by atoms with van der Waals surface area (Å²) >= 11 is 0. The number of aromatic hydroxyl groups is 2. The highest BCUT2D eigenvalue weighted by molar-refractivity contribution is 5.64. The van der Waals surface area contributed by atoms with E-state index in [1.54, 1.807) is 6.20 Å². The number of hydrogen-bond donors (Lipinski definition) is 4. The van der Waals surface area contributed by atoms with E-state index in [4.69, 9.17) is 16.6 Å². The Morgan fingerprint density at radius 2 is 1.68 bits per heavy atom. The zero-order chi connectivity index (χ0) is 15.7. The van der Waals surface area contributed by atoms with E-state index in [9.17, 15) is 5.11 Å². The Kier molecular flexibility index (Phi) is 3.10. The second-order valence-corrected chi connectivity index (χ2v) is 4.29. The van der Waals surface area contributed by atoms with Crippen molar-refractivity contribution < 1.29 is 10.2 Å². The summed E-state index contributed by atoms with van der Waals surface area (Å²) < 4.78 is 2.77. The third-order valence-electron chi connectivity index (χ3n) is 2.79. The van der Waals surface area contributed by atoms with Crippen LogP contribution in [0.15, 0.2) is 36.9 Å². The molecule has 0 aliphatic rings.